The largest absolute Gasteiger partial charge is 0.389 e. The lowest BCUT2D eigenvalue weighted by Crippen LogP contribution is -2.41. The summed E-state index contributed by atoms with van der Waals surface area (Å²) in [7, 11) is 0. The summed E-state index contributed by atoms with van der Waals surface area (Å²) in [6, 6.07) is 12.0. The second-order valence-corrected chi connectivity index (χ2v) is 6.63. The molecule has 1 aliphatic heterocycles. The van der Waals surface area contributed by atoms with E-state index in [0.29, 0.717) is 25.7 Å². The Hall–Kier alpha value is -1.69. The maximum Gasteiger partial charge on any atom is 0.0900 e. The Morgan fingerprint density at radius 1 is 1.17 bits per heavy atom. The van der Waals surface area contributed by atoms with Crippen LogP contribution in [0.15, 0.2) is 48.8 Å². The van der Waals surface area contributed by atoms with Gasteiger partial charge in [-0.3, -0.25) is 4.68 Å². The molecule has 5 nitrogen and oxygen atoms in total. The minimum absolute atomic E-state index is 0.391. The molecule has 0 saturated carbocycles. The van der Waals surface area contributed by atoms with Crippen molar-refractivity contribution in [3.8, 4) is 0 Å². The number of nitrogens with zero attached hydrogens (tertiary/aromatic N) is 3. The normalized spacial score (nSPS) is 17.9. The fourth-order valence-electron chi connectivity index (χ4n) is 3.26. The van der Waals surface area contributed by atoms with E-state index in [4.69, 9.17) is 4.74 Å². The molecule has 1 N–H and O–H groups in total. The number of aromatic nitrogens is 2. The summed E-state index contributed by atoms with van der Waals surface area (Å²) < 4.78 is 7.65. The Morgan fingerprint density at radius 3 is 2.67 bits per heavy atom. The van der Waals surface area contributed by atoms with Gasteiger partial charge < -0.3 is 14.7 Å². The molecule has 0 radical (unpaired) electrons. The molecule has 1 atom stereocenters. The van der Waals surface area contributed by atoms with Gasteiger partial charge in [-0.1, -0.05) is 30.3 Å². The maximum absolute atomic E-state index is 10.2. The van der Waals surface area contributed by atoms with Crippen molar-refractivity contribution in [3.63, 3.8) is 0 Å². The molecule has 0 unspecified atom stereocenters. The summed E-state index contributed by atoms with van der Waals surface area (Å²) in [5.74, 6) is 0.688. The summed E-state index contributed by atoms with van der Waals surface area (Å²) in [4.78, 5) is 2.34. The summed E-state index contributed by atoms with van der Waals surface area (Å²) in [6.07, 6.45) is 5.77. The van der Waals surface area contributed by atoms with Gasteiger partial charge in [0.05, 0.1) is 19.3 Å². The Bertz CT molecular complexity index is 566. The maximum atomic E-state index is 10.2. The summed E-state index contributed by atoms with van der Waals surface area (Å²) in [6.45, 7) is 4.74. The molecule has 0 amide bonds. The van der Waals surface area contributed by atoms with Gasteiger partial charge in [0, 0.05) is 25.5 Å². The number of piperidine rings is 1. The van der Waals surface area contributed by atoms with Crippen molar-refractivity contribution < 1.29 is 9.84 Å². The average Bonchev–Trinajstić information content (AvgIpc) is 3.11. The van der Waals surface area contributed by atoms with E-state index in [1.807, 2.05) is 53.5 Å². The molecular formula is C19H27N3O2. The van der Waals surface area contributed by atoms with Gasteiger partial charge >= 0.3 is 0 Å². The first-order valence-electron chi connectivity index (χ1n) is 8.79. The molecule has 2 aromatic rings. The van der Waals surface area contributed by atoms with Gasteiger partial charge in [-0.15, -0.1) is 0 Å². The molecule has 3 rings (SSSR count). The van der Waals surface area contributed by atoms with Crippen LogP contribution in [-0.4, -0.2) is 52.1 Å². The van der Waals surface area contributed by atoms with Crippen molar-refractivity contribution in [2.75, 3.05) is 26.2 Å². The van der Waals surface area contributed by atoms with Crippen LogP contribution in [0, 0.1) is 5.92 Å². The molecule has 1 aromatic heterocycles. The molecule has 1 saturated heterocycles. The van der Waals surface area contributed by atoms with Crippen LogP contribution in [0.25, 0.3) is 0 Å². The molecule has 0 bridgehead atoms. The van der Waals surface area contributed by atoms with Gasteiger partial charge in [0.15, 0.2) is 0 Å². The first kappa shape index (κ1) is 17.1. The van der Waals surface area contributed by atoms with E-state index in [0.717, 1.165) is 38.0 Å². The van der Waals surface area contributed by atoms with Gasteiger partial charge in [0.25, 0.3) is 0 Å². The summed E-state index contributed by atoms with van der Waals surface area (Å²) >= 11 is 0. The molecule has 5 heteroatoms. The van der Waals surface area contributed by atoms with Gasteiger partial charge in [-0.2, -0.15) is 5.10 Å². The van der Waals surface area contributed by atoms with Crippen LogP contribution in [0.3, 0.4) is 0 Å². The molecular weight excluding hydrogens is 302 g/mol. The first-order chi connectivity index (χ1) is 11.8. The summed E-state index contributed by atoms with van der Waals surface area (Å²) in [5, 5.41) is 14.5. The summed E-state index contributed by atoms with van der Waals surface area (Å²) in [5.41, 5.74) is 1.14. The highest BCUT2D eigenvalue weighted by atomic mass is 16.5. The Balaban J connectivity index is 1.30. The number of hydrogen-bond donors (Lipinski definition) is 1. The van der Waals surface area contributed by atoms with E-state index < -0.39 is 6.10 Å². The molecule has 1 aromatic carbocycles. The predicted molar refractivity (Wildman–Crippen MR) is 93.5 cm³/mol. The zero-order valence-corrected chi connectivity index (χ0v) is 14.1. The fourth-order valence-corrected chi connectivity index (χ4v) is 3.26. The Kier molecular flexibility index (Phi) is 6.41. The number of aliphatic hydroxyl groups is 1. The molecule has 24 heavy (non-hydrogen) atoms. The van der Waals surface area contributed by atoms with Crippen molar-refractivity contribution >= 4 is 0 Å². The molecule has 2 heterocycles. The third-order valence-electron chi connectivity index (χ3n) is 4.60. The van der Waals surface area contributed by atoms with Crippen LogP contribution in [0.4, 0.5) is 0 Å². The lowest BCUT2D eigenvalue weighted by atomic mass is 9.96. The highest BCUT2D eigenvalue weighted by molar-refractivity contribution is 5.13. The molecule has 0 spiro atoms. The van der Waals surface area contributed by atoms with Crippen molar-refractivity contribution in [1.29, 1.82) is 0 Å². The second kappa shape index (κ2) is 8.97. The highest BCUT2D eigenvalue weighted by Gasteiger charge is 2.21. The quantitative estimate of drug-likeness (QED) is 0.806. The van der Waals surface area contributed by atoms with E-state index in [1.54, 1.807) is 0 Å². The molecule has 1 fully saturated rings. The highest BCUT2D eigenvalue weighted by Crippen LogP contribution is 2.19. The number of hydrogen-bond acceptors (Lipinski definition) is 4. The molecule has 0 aliphatic carbocycles. The first-order valence-corrected chi connectivity index (χ1v) is 8.79. The van der Waals surface area contributed by atoms with E-state index in [-0.39, 0.29) is 0 Å². The molecule has 1 aliphatic rings. The van der Waals surface area contributed by atoms with Gasteiger partial charge in [-0.05, 0) is 43.5 Å². The van der Waals surface area contributed by atoms with Gasteiger partial charge in [0.2, 0.25) is 0 Å². The SMILES string of the molecule is O[C@@H](COCc1ccccc1)CN1CCC(Cn2cccn2)CC1. The van der Waals surface area contributed by atoms with E-state index in [1.165, 1.54) is 0 Å². The lowest BCUT2D eigenvalue weighted by molar-refractivity contribution is 0.00393. The third kappa shape index (κ3) is 5.44. The minimum Gasteiger partial charge on any atom is -0.389 e. The fraction of sp³-hybridized carbons (Fsp3) is 0.526. The van der Waals surface area contributed by atoms with E-state index in [9.17, 15) is 5.11 Å². The van der Waals surface area contributed by atoms with Crippen molar-refractivity contribution in [2.45, 2.75) is 32.1 Å². The molecule has 130 valence electrons. The van der Waals surface area contributed by atoms with Crippen LogP contribution in [0.5, 0.6) is 0 Å². The number of ether oxygens (including phenoxy) is 1. The standard InChI is InChI=1S/C19H27N3O2/c23-19(16-24-15-18-5-2-1-3-6-18)14-21-11-7-17(8-12-21)13-22-10-4-9-20-22/h1-6,9-10,17,19,23H,7-8,11-16H2/t19-/m1/s1. The topological polar surface area (TPSA) is 50.5 Å². The number of likely N-dealkylation sites (tertiary alicyclic amines) is 1. The van der Waals surface area contributed by atoms with Crippen molar-refractivity contribution in [1.82, 2.24) is 14.7 Å². The number of aliphatic hydroxyl groups excluding tert-OH is 1. The van der Waals surface area contributed by atoms with Crippen LogP contribution in [0.1, 0.15) is 18.4 Å². The van der Waals surface area contributed by atoms with Crippen LogP contribution in [0.2, 0.25) is 0 Å². The monoisotopic (exact) mass is 329 g/mol. The minimum atomic E-state index is -0.420. The van der Waals surface area contributed by atoms with E-state index in [2.05, 4.69) is 10.00 Å². The van der Waals surface area contributed by atoms with Crippen molar-refractivity contribution in [2.24, 2.45) is 5.92 Å². The van der Waals surface area contributed by atoms with Crippen LogP contribution >= 0.6 is 0 Å². The second-order valence-electron chi connectivity index (χ2n) is 6.63. The smallest absolute Gasteiger partial charge is 0.0900 e. The van der Waals surface area contributed by atoms with Crippen molar-refractivity contribution in [3.05, 3.63) is 54.4 Å². The van der Waals surface area contributed by atoms with Gasteiger partial charge in [-0.25, -0.2) is 0 Å². The number of rotatable bonds is 8. The Morgan fingerprint density at radius 2 is 1.96 bits per heavy atom. The third-order valence-corrected chi connectivity index (χ3v) is 4.60. The number of β-amino-alcohol motifs (C(OH)–C–C–N with tert-alkyl or cyclic N) is 1. The predicted octanol–water partition coefficient (Wildman–Crippen LogP) is 2.17. The zero-order valence-electron chi connectivity index (χ0n) is 14.1. The van der Waals surface area contributed by atoms with E-state index >= 15 is 0 Å². The Labute approximate surface area is 143 Å². The zero-order chi connectivity index (χ0) is 16.6. The number of benzene rings is 1. The van der Waals surface area contributed by atoms with Gasteiger partial charge in [0.1, 0.15) is 0 Å². The lowest BCUT2D eigenvalue weighted by Gasteiger charge is -2.33. The van der Waals surface area contributed by atoms with Crippen LogP contribution in [-0.2, 0) is 17.9 Å². The average molecular weight is 329 g/mol. The van der Waals surface area contributed by atoms with Crippen LogP contribution < -0.4 is 0 Å².